The molecule has 3 rings (SSSR count). The molecule has 1 aromatic heterocycles. The van der Waals surface area contributed by atoms with Crippen molar-refractivity contribution in [1.82, 2.24) is 14.8 Å². The quantitative estimate of drug-likeness (QED) is 0.809. The van der Waals surface area contributed by atoms with E-state index in [2.05, 4.69) is 10.1 Å². The normalized spacial score (nSPS) is 19.4. The highest BCUT2D eigenvalue weighted by Gasteiger charge is 2.20. The molecule has 0 saturated carbocycles. The number of thioether (sulfide) groups is 1. The Hall–Kier alpha value is -1.33. The fraction of sp³-hybridized carbons (Fsp3) is 0.273. The minimum absolute atomic E-state index is 0.317. The van der Waals surface area contributed by atoms with E-state index in [1.54, 1.807) is 16.4 Å². The van der Waals surface area contributed by atoms with Crippen LogP contribution in [0.25, 0.3) is 11.4 Å². The molecule has 0 fully saturated rings. The number of nitrogens with zero attached hydrogens (tertiary/aromatic N) is 3. The Morgan fingerprint density at radius 1 is 1.31 bits per heavy atom. The third-order valence-corrected chi connectivity index (χ3v) is 3.57. The van der Waals surface area contributed by atoms with Crippen LogP contribution in [-0.2, 0) is 6.54 Å². The van der Waals surface area contributed by atoms with E-state index in [9.17, 15) is 5.11 Å². The molecule has 0 bridgehead atoms. The van der Waals surface area contributed by atoms with Crippen molar-refractivity contribution < 1.29 is 5.11 Å². The number of aliphatic hydroxyl groups excluding tert-OH is 1. The number of hydrogen-bond donors (Lipinski definition) is 1. The van der Waals surface area contributed by atoms with E-state index in [1.807, 2.05) is 30.3 Å². The van der Waals surface area contributed by atoms with Crippen LogP contribution in [0.2, 0.25) is 0 Å². The molecule has 5 heteroatoms. The number of benzene rings is 1. The van der Waals surface area contributed by atoms with Crippen LogP contribution in [-0.4, -0.2) is 31.7 Å². The molecule has 0 radical (unpaired) electrons. The van der Waals surface area contributed by atoms with Crippen molar-refractivity contribution in [3.63, 3.8) is 0 Å². The molecule has 2 aromatic rings. The van der Waals surface area contributed by atoms with Gasteiger partial charge in [-0.25, -0.2) is 9.67 Å². The fourth-order valence-electron chi connectivity index (χ4n) is 1.69. The Morgan fingerprint density at radius 2 is 2.12 bits per heavy atom. The zero-order valence-corrected chi connectivity index (χ0v) is 9.39. The van der Waals surface area contributed by atoms with Gasteiger partial charge in [-0.15, -0.1) is 5.10 Å². The highest BCUT2D eigenvalue weighted by Crippen LogP contribution is 2.25. The average Bonchev–Trinajstić information content (AvgIpc) is 2.73. The van der Waals surface area contributed by atoms with Gasteiger partial charge in [-0.05, 0) is 0 Å². The minimum atomic E-state index is -0.317. The second-order valence-corrected chi connectivity index (χ2v) is 4.72. The number of aliphatic hydroxyl groups is 1. The summed E-state index contributed by atoms with van der Waals surface area (Å²) in [6.45, 7) is 0.544. The van der Waals surface area contributed by atoms with Crippen molar-refractivity contribution in [2.45, 2.75) is 17.8 Å². The van der Waals surface area contributed by atoms with E-state index in [0.29, 0.717) is 12.3 Å². The van der Waals surface area contributed by atoms with Crippen molar-refractivity contribution in [1.29, 1.82) is 0 Å². The van der Waals surface area contributed by atoms with Crippen LogP contribution in [0, 0.1) is 0 Å². The number of aromatic nitrogens is 3. The maximum absolute atomic E-state index is 9.53. The predicted molar refractivity (Wildman–Crippen MR) is 62.2 cm³/mol. The summed E-state index contributed by atoms with van der Waals surface area (Å²) in [7, 11) is 0. The first-order valence-electron chi connectivity index (χ1n) is 5.14. The summed E-state index contributed by atoms with van der Waals surface area (Å²) in [5.74, 6) is 1.43. The Morgan fingerprint density at radius 3 is 2.94 bits per heavy atom. The van der Waals surface area contributed by atoms with Crippen LogP contribution in [0.4, 0.5) is 0 Å². The van der Waals surface area contributed by atoms with Gasteiger partial charge in [0.1, 0.15) is 0 Å². The second-order valence-electron chi connectivity index (χ2n) is 3.73. The lowest BCUT2D eigenvalue weighted by Crippen LogP contribution is -2.24. The molecule has 16 heavy (non-hydrogen) atoms. The van der Waals surface area contributed by atoms with Crippen molar-refractivity contribution in [2.75, 3.05) is 5.75 Å². The SMILES string of the molecule is O[C@@H]1CSc2nc(-c3ccccc3)nn2C1. The van der Waals surface area contributed by atoms with E-state index < -0.39 is 0 Å². The maximum Gasteiger partial charge on any atom is 0.186 e. The van der Waals surface area contributed by atoms with E-state index in [-0.39, 0.29) is 6.10 Å². The van der Waals surface area contributed by atoms with Crippen LogP contribution < -0.4 is 0 Å². The zero-order valence-electron chi connectivity index (χ0n) is 8.58. The van der Waals surface area contributed by atoms with E-state index in [0.717, 1.165) is 16.5 Å². The standard InChI is InChI=1S/C11H11N3OS/c15-9-6-14-11(16-7-9)12-10(13-14)8-4-2-1-3-5-8/h1-5,9,15H,6-7H2/t9-/m0/s1. The molecule has 0 spiro atoms. The topological polar surface area (TPSA) is 50.9 Å². The number of hydrogen-bond acceptors (Lipinski definition) is 4. The first kappa shape index (κ1) is 9.86. The lowest BCUT2D eigenvalue weighted by Gasteiger charge is -2.16. The summed E-state index contributed by atoms with van der Waals surface area (Å²) >= 11 is 1.55. The van der Waals surface area contributed by atoms with E-state index in [1.165, 1.54) is 0 Å². The van der Waals surface area contributed by atoms with Gasteiger partial charge < -0.3 is 5.11 Å². The molecule has 1 aliphatic rings. The number of rotatable bonds is 1. The molecule has 0 unspecified atom stereocenters. The van der Waals surface area contributed by atoms with Crippen molar-refractivity contribution in [3.8, 4) is 11.4 Å². The van der Waals surface area contributed by atoms with Gasteiger partial charge in [0, 0.05) is 11.3 Å². The Bertz CT molecular complexity index is 497. The summed E-state index contributed by atoms with van der Waals surface area (Å²) in [4.78, 5) is 4.46. The van der Waals surface area contributed by atoms with Crippen LogP contribution in [0.5, 0.6) is 0 Å². The summed E-state index contributed by atoms with van der Waals surface area (Å²) in [5.41, 5.74) is 1.01. The van der Waals surface area contributed by atoms with E-state index >= 15 is 0 Å². The summed E-state index contributed by atoms with van der Waals surface area (Å²) < 4.78 is 1.78. The van der Waals surface area contributed by atoms with Gasteiger partial charge in [0.25, 0.3) is 0 Å². The molecule has 1 N–H and O–H groups in total. The predicted octanol–water partition coefficient (Wildman–Crippen LogP) is 1.41. The smallest absolute Gasteiger partial charge is 0.186 e. The summed E-state index contributed by atoms with van der Waals surface area (Å²) in [6.07, 6.45) is -0.317. The van der Waals surface area contributed by atoms with Crippen molar-refractivity contribution in [3.05, 3.63) is 30.3 Å². The molecular formula is C11H11N3OS. The van der Waals surface area contributed by atoms with Gasteiger partial charge in [-0.2, -0.15) is 0 Å². The van der Waals surface area contributed by atoms with Crippen molar-refractivity contribution in [2.24, 2.45) is 0 Å². The third-order valence-electron chi connectivity index (χ3n) is 2.46. The second kappa shape index (κ2) is 3.92. The fourth-order valence-corrected chi connectivity index (χ4v) is 2.55. The van der Waals surface area contributed by atoms with E-state index in [4.69, 9.17) is 0 Å². The Kier molecular flexibility index (Phi) is 2.41. The third kappa shape index (κ3) is 1.72. The van der Waals surface area contributed by atoms with Crippen LogP contribution in [0.15, 0.2) is 35.5 Å². The van der Waals surface area contributed by atoms with Gasteiger partial charge in [0.2, 0.25) is 0 Å². The van der Waals surface area contributed by atoms with Gasteiger partial charge in [-0.3, -0.25) is 0 Å². The molecule has 0 aliphatic carbocycles. The first-order chi connectivity index (χ1) is 7.83. The lowest BCUT2D eigenvalue weighted by molar-refractivity contribution is 0.164. The molecule has 1 atom stereocenters. The van der Waals surface area contributed by atoms with Crippen molar-refractivity contribution >= 4 is 11.8 Å². The van der Waals surface area contributed by atoms with Gasteiger partial charge in [-0.1, -0.05) is 42.1 Å². The molecule has 4 nitrogen and oxygen atoms in total. The van der Waals surface area contributed by atoms with Crippen LogP contribution in [0.1, 0.15) is 0 Å². The Labute approximate surface area is 97.3 Å². The molecular weight excluding hydrogens is 222 g/mol. The maximum atomic E-state index is 9.53. The Balaban J connectivity index is 1.99. The molecule has 1 aromatic carbocycles. The number of fused-ring (bicyclic) bond motifs is 1. The van der Waals surface area contributed by atoms with Crippen LogP contribution >= 0.6 is 11.8 Å². The summed E-state index contributed by atoms with van der Waals surface area (Å²) in [5, 5.41) is 14.8. The molecule has 0 saturated heterocycles. The average molecular weight is 233 g/mol. The molecule has 2 heterocycles. The minimum Gasteiger partial charge on any atom is -0.390 e. The lowest BCUT2D eigenvalue weighted by atomic mass is 10.2. The zero-order chi connectivity index (χ0) is 11.0. The highest BCUT2D eigenvalue weighted by molar-refractivity contribution is 7.99. The van der Waals surface area contributed by atoms with Gasteiger partial charge in [0.05, 0.1) is 12.6 Å². The monoisotopic (exact) mass is 233 g/mol. The van der Waals surface area contributed by atoms with Gasteiger partial charge >= 0.3 is 0 Å². The van der Waals surface area contributed by atoms with Gasteiger partial charge in [0.15, 0.2) is 11.0 Å². The molecule has 0 amide bonds. The molecule has 82 valence electrons. The summed E-state index contributed by atoms with van der Waals surface area (Å²) in [6, 6.07) is 9.89. The van der Waals surface area contributed by atoms with Crippen LogP contribution in [0.3, 0.4) is 0 Å². The largest absolute Gasteiger partial charge is 0.390 e. The highest BCUT2D eigenvalue weighted by atomic mass is 32.2. The molecule has 1 aliphatic heterocycles. The first-order valence-corrected chi connectivity index (χ1v) is 6.12.